The lowest BCUT2D eigenvalue weighted by Crippen LogP contribution is -2.67. The van der Waals surface area contributed by atoms with Gasteiger partial charge in [-0.05, 0) is 69.2 Å². The number of anilines is 2. The number of carbonyl (C=O) groups excluding carboxylic acids is 1. The van der Waals surface area contributed by atoms with Crippen LogP contribution in [0.3, 0.4) is 0 Å². The molecular formula is C36H36ClF3N10O2S. The number of fused-ring (bicyclic) bond motifs is 3. The first-order chi connectivity index (χ1) is 25.6. The number of rotatable bonds is 3. The van der Waals surface area contributed by atoms with Gasteiger partial charge in [0.25, 0.3) is 0 Å². The van der Waals surface area contributed by atoms with E-state index in [1.165, 1.54) is 49.4 Å². The molecule has 3 atom stereocenters. The third-order valence-electron chi connectivity index (χ3n) is 11.0. The van der Waals surface area contributed by atoms with Crippen LogP contribution in [0.5, 0.6) is 6.01 Å². The number of methoxy groups -OCH3 is 1. The van der Waals surface area contributed by atoms with Crippen LogP contribution in [0.4, 0.5) is 28.8 Å². The zero-order chi connectivity index (χ0) is 37.0. The van der Waals surface area contributed by atoms with E-state index in [1.54, 1.807) is 6.07 Å². The second-order valence-electron chi connectivity index (χ2n) is 14.0. The van der Waals surface area contributed by atoms with Gasteiger partial charge in [0.15, 0.2) is 5.82 Å². The van der Waals surface area contributed by atoms with E-state index in [2.05, 4.69) is 25.0 Å². The summed E-state index contributed by atoms with van der Waals surface area (Å²) in [5, 5.41) is 14.5. The van der Waals surface area contributed by atoms with Gasteiger partial charge in [-0.3, -0.25) is 4.90 Å². The first-order valence-electron chi connectivity index (χ1n) is 17.6. The molecule has 12 nitrogen and oxygen atoms in total. The molecule has 7 heterocycles. The number of thiophene rings is 1. The van der Waals surface area contributed by atoms with Gasteiger partial charge in [0.05, 0.1) is 27.9 Å². The Labute approximate surface area is 311 Å². The number of hydrogen-bond acceptors (Lipinski definition) is 11. The van der Waals surface area contributed by atoms with Crippen LogP contribution < -0.4 is 15.4 Å². The number of amides is 1. The zero-order valence-electron chi connectivity index (χ0n) is 28.9. The molecule has 1 amide bonds. The molecule has 4 saturated heterocycles. The topological polar surface area (TPSA) is 142 Å². The van der Waals surface area contributed by atoms with E-state index in [0.29, 0.717) is 43.4 Å². The van der Waals surface area contributed by atoms with Crippen LogP contribution in [0.15, 0.2) is 30.9 Å². The van der Waals surface area contributed by atoms with Crippen molar-refractivity contribution in [3.8, 4) is 23.2 Å². The van der Waals surface area contributed by atoms with E-state index in [0.717, 1.165) is 50.0 Å². The molecule has 0 bridgehead atoms. The average Bonchev–Trinajstić information content (AvgIpc) is 3.92. The second kappa shape index (κ2) is 13.9. The van der Waals surface area contributed by atoms with Gasteiger partial charge in [0, 0.05) is 48.6 Å². The molecule has 0 saturated carbocycles. The Kier molecular flexibility index (Phi) is 9.28. The maximum atomic E-state index is 16.7. The lowest BCUT2D eigenvalue weighted by molar-refractivity contribution is 0.0237. The summed E-state index contributed by atoms with van der Waals surface area (Å²) >= 11 is 7.72. The number of nitrogens with zero attached hydrogens (tertiary/aromatic N) is 9. The van der Waals surface area contributed by atoms with E-state index in [9.17, 15) is 18.8 Å². The highest BCUT2D eigenvalue weighted by atomic mass is 35.5. The lowest BCUT2D eigenvalue weighted by Gasteiger charge is -2.53. The summed E-state index contributed by atoms with van der Waals surface area (Å²) in [7, 11) is 1.39. The Hall–Kier alpha value is -4.72. The minimum atomic E-state index is -0.771. The number of hydrogen-bond donors (Lipinski definition) is 1. The van der Waals surface area contributed by atoms with E-state index < -0.39 is 23.3 Å². The van der Waals surface area contributed by atoms with E-state index >= 15 is 4.39 Å². The molecule has 1 spiro atoms. The van der Waals surface area contributed by atoms with Crippen molar-refractivity contribution in [3.63, 3.8) is 0 Å². The Balaban J connectivity index is 0.000000386. The summed E-state index contributed by atoms with van der Waals surface area (Å²) in [4.78, 5) is 32.3. The normalized spacial score (nSPS) is 22.7. The molecule has 0 radical (unpaired) electrons. The molecule has 0 aliphatic carbocycles. The van der Waals surface area contributed by atoms with Crippen molar-refractivity contribution < 1.29 is 22.7 Å². The molecule has 2 N–H and O–H groups in total. The first-order valence-corrected chi connectivity index (χ1v) is 18.8. The van der Waals surface area contributed by atoms with Gasteiger partial charge < -0.3 is 20.3 Å². The minimum Gasteiger partial charge on any atom is -0.467 e. The predicted octanol–water partition coefficient (Wildman–Crippen LogP) is 6.79. The number of alkyl halides is 1. The van der Waals surface area contributed by atoms with Crippen LogP contribution in [-0.4, -0.2) is 98.1 Å². The van der Waals surface area contributed by atoms with E-state index in [1.807, 2.05) is 15.9 Å². The molecule has 3 unspecified atom stereocenters. The molecule has 53 heavy (non-hydrogen) atoms. The monoisotopic (exact) mass is 764 g/mol. The summed E-state index contributed by atoms with van der Waals surface area (Å²) in [6, 6.07) is 6.48. The minimum absolute atomic E-state index is 0.0303. The highest BCUT2D eigenvalue weighted by Gasteiger charge is 2.50. The van der Waals surface area contributed by atoms with Crippen LogP contribution in [0.2, 0.25) is 5.02 Å². The fourth-order valence-electron chi connectivity index (χ4n) is 8.42. The van der Waals surface area contributed by atoms with Crippen molar-refractivity contribution in [2.45, 2.75) is 62.7 Å². The number of ether oxygens (including phenoxy) is 1. The average molecular weight is 765 g/mol. The van der Waals surface area contributed by atoms with E-state index in [4.69, 9.17) is 22.1 Å². The molecule has 2 aromatic carbocycles. The molecule has 4 fully saturated rings. The van der Waals surface area contributed by atoms with Crippen LogP contribution in [-0.2, 0) is 0 Å². The molecular weight excluding hydrogens is 729 g/mol. The smallest absolute Gasteiger partial charge is 0.346 e. The van der Waals surface area contributed by atoms with Crippen molar-refractivity contribution in [2.75, 3.05) is 50.5 Å². The zero-order valence-corrected chi connectivity index (χ0v) is 30.4. The number of likely N-dealkylation sites (tertiary alicyclic amines) is 1. The predicted molar refractivity (Wildman–Crippen MR) is 196 cm³/mol. The number of aromatic nitrogens is 5. The summed E-state index contributed by atoms with van der Waals surface area (Å²) in [6.45, 7) is 3.48. The molecule has 4 aliphatic heterocycles. The number of halogens is 4. The van der Waals surface area contributed by atoms with Gasteiger partial charge in [0.2, 0.25) is 0 Å². The number of benzene rings is 2. The van der Waals surface area contributed by atoms with Crippen LogP contribution >= 0.6 is 22.9 Å². The number of carbonyl (C=O) groups is 1. The summed E-state index contributed by atoms with van der Waals surface area (Å²) in [5.41, 5.74) is 5.73. The second-order valence-corrected chi connectivity index (χ2v) is 15.4. The highest BCUT2D eigenvalue weighted by Crippen LogP contribution is 2.46. The van der Waals surface area contributed by atoms with Gasteiger partial charge in [-0.2, -0.15) is 25.0 Å². The van der Waals surface area contributed by atoms with Crippen molar-refractivity contribution in [3.05, 3.63) is 53.1 Å². The fourth-order valence-corrected chi connectivity index (χ4v) is 9.66. The summed E-state index contributed by atoms with van der Waals surface area (Å²) in [6.07, 6.45) is 8.78. The van der Waals surface area contributed by atoms with Crippen molar-refractivity contribution in [1.29, 1.82) is 5.26 Å². The van der Waals surface area contributed by atoms with E-state index in [-0.39, 0.29) is 54.4 Å². The van der Waals surface area contributed by atoms with Gasteiger partial charge in [0.1, 0.15) is 47.0 Å². The molecule has 9 rings (SSSR count). The van der Waals surface area contributed by atoms with Crippen LogP contribution in [0, 0.1) is 23.0 Å². The lowest BCUT2D eigenvalue weighted by atomic mass is 9.80. The van der Waals surface area contributed by atoms with Crippen molar-refractivity contribution in [1.82, 2.24) is 34.5 Å². The third kappa shape index (κ3) is 6.08. The fraction of sp³-hybridized carbons (Fsp3) is 0.444. The third-order valence-corrected chi connectivity index (χ3v) is 12.3. The molecule has 17 heteroatoms. The Morgan fingerprint density at radius 2 is 2.02 bits per heavy atom. The largest absolute Gasteiger partial charge is 0.467 e. The van der Waals surface area contributed by atoms with Gasteiger partial charge in [-0.25, -0.2) is 22.9 Å². The molecule has 5 aromatic rings. The Bertz CT molecular complexity index is 2250. The van der Waals surface area contributed by atoms with Crippen LogP contribution in [0.1, 0.15) is 50.5 Å². The maximum absolute atomic E-state index is 16.7. The SMILES string of the molecule is COc1nc(N2CCCCC3(CCN3C(=O)n3cncn3)C2)c2cc(Cl)c(-c3ccc(F)c4sc(N)c(C#N)c34)c(F)c2n1.FC1CC2CCCN2C1. The Morgan fingerprint density at radius 3 is 2.74 bits per heavy atom. The summed E-state index contributed by atoms with van der Waals surface area (Å²) in [5.74, 6) is -0.928. The Morgan fingerprint density at radius 1 is 1.17 bits per heavy atom. The van der Waals surface area contributed by atoms with Crippen molar-refractivity contribution in [2.24, 2.45) is 0 Å². The standard InChI is InChI=1S/C29H24ClF2N9O2S.C7H12FN/c1-43-27-37-23-16(10-18(30)21(22(23)32)15-4-5-19(31)24-20(15)17(11-33)25(34)44-24)26(38-27)39-8-3-2-6-29(12-39)7-9-40(29)28(42)41-14-35-13-36-41;8-6-4-7-2-1-3-9(7)5-6/h4-5,10,13-14H,2-3,6-9,12,34H2,1H3;6-7H,1-5H2. The molecule has 4 aliphatic rings. The van der Waals surface area contributed by atoms with Crippen molar-refractivity contribution >= 4 is 60.8 Å². The first kappa shape index (κ1) is 35.3. The quantitative estimate of drug-likeness (QED) is 0.209. The van der Waals surface area contributed by atoms with Gasteiger partial charge >= 0.3 is 12.0 Å². The molecule has 3 aromatic heterocycles. The maximum Gasteiger partial charge on any atom is 0.346 e. The van der Waals surface area contributed by atoms with Crippen LogP contribution in [0.25, 0.3) is 32.1 Å². The number of nitrogens with two attached hydrogens (primary N) is 1. The summed E-state index contributed by atoms with van der Waals surface area (Å²) < 4.78 is 50.8. The molecule has 276 valence electrons. The number of nitrogen functional groups attached to an aromatic ring is 1. The number of nitriles is 1. The van der Waals surface area contributed by atoms with Gasteiger partial charge in [-0.1, -0.05) is 17.7 Å². The van der Waals surface area contributed by atoms with Gasteiger partial charge in [-0.15, -0.1) is 11.3 Å². The highest BCUT2D eigenvalue weighted by molar-refractivity contribution is 7.23.